The molecule has 0 fully saturated rings. The number of hydrogen-bond donors (Lipinski definition) is 0. The molecule has 0 radical (unpaired) electrons. The lowest BCUT2D eigenvalue weighted by Gasteiger charge is -2.17. The molecular weight excluding hydrogens is 236 g/mol. The van der Waals surface area contributed by atoms with Crippen LogP contribution in [-0.4, -0.2) is 36.0 Å². The van der Waals surface area contributed by atoms with Gasteiger partial charge in [0.25, 0.3) is 0 Å². The lowest BCUT2D eigenvalue weighted by atomic mass is 9.90. The Labute approximate surface area is 115 Å². The van der Waals surface area contributed by atoms with Gasteiger partial charge in [-0.05, 0) is 5.56 Å². The topological polar surface area (TPSA) is 29.3 Å². The Hall–Kier alpha value is -1.77. The number of benzene rings is 1. The molecule has 0 saturated heterocycles. The molecule has 1 aromatic carbocycles. The Morgan fingerprint density at radius 2 is 1.89 bits per heavy atom. The summed E-state index contributed by atoms with van der Waals surface area (Å²) in [6.07, 6.45) is 2.86. The Bertz CT molecular complexity index is 513. The summed E-state index contributed by atoms with van der Waals surface area (Å²) in [4.78, 5) is 2.06. The monoisotopic (exact) mass is 258 g/mol. The third-order valence-corrected chi connectivity index (χ3v) is 3.41. The summed E-state index contributed by atoms with van der Waals surface area (Å²) in [5.41, 5.74) is 3.16. The van der Waals surface area contributed by atoms with E-state index in [0.717, 1.165) is 28.1 Å². The van der Waals surface area contributed by atoms with Crippen LogP contribution < -0.4 is 0 Å². The SMILES string of the molecule is CN(C)/C(=C\C1=[N+]([O-])CC(C)(C)C1)c1ccccc1. The highest BCUT2D eigenvalue weighted by molar-refractivity contribution is 5.98. The standard InChI is InChI=1S/C16H22N2O/c1-16(2)11-14(18(19)12-16)10-15(17(3)4)13-8-6-5-7-9-13/h5-10H,11-12H2,1-4H3/b15-10-. The van der Waals surface area contributed by atoms with Gasteiger partial charge in [0.2, 0.25) is 0 Å². The quantitative estimate of drug-likeness (QED) is 0.616. The minimum Gasteiger partial charge on any atom is -0.624 e. The second kappa shape index (κ2) is 5.08. The second-order valence-electron chi connectivity index (χ2n) is 6.16. The zero-order valence-electron chi connectivity index (χ0n) is 12.2. The van der Waals surface area contributed by atoms with Gasteiger partial charge in [-0.15, -0.1) is 0 Å². The Morgan fingerprint density at radius 3 is 2.37 bits per heavy atom. The smallest absolute Gasteiger partial charge is 0.189 e. The predicted molar refractivity (Wildman–Crippen MR) is 80.0 cm³/mol. The summed E-state index contributed by atoms with van der Waals surface area (Å²) < 4.78 is 1.13. The number of allylic oxidation sites excluding steroid dienone is 1. The molecular formula is C16H22N2O. The summed E-state index contributed by atoms with van der Waals surface area (Å²) in [5.74, 6) is 0. The van der Waals surface area contributed by atoms with Gasteiger partial charge in [-0.1, -0.05) is 44.2 Å². The molecule has 3 nitrogen and oxygen atoms in total. The second-order valence-corrected chi connectivity index (χ2v) is 6.16. The van der Waals surface area contributed by atoms with Crippen molar-refractivity contribution < 1.29 is 4.74 Å². The predicted octanol–water partition coefficient (Wildman–Crippen LogP) is 2.97. The number of rotatable bonds is 3. The van der Waals surface area contributed by atoms with Gasteiger partial charge in [-0.3, -0.25) is 0 Å². The zero-order valence-corrected chi connectivity index (χ0v) is 12.2. The Morgan fingerprint density at radius 1 is 1.26 bits per heavy atom. The molecule has 19 heavy (non-hydrogen) atoms. The number of hydrogen-bond acceptors (Lipinski definition) is 2. The molecule has 0 N–H and O–H groups in total. The molecule has 0 amide bonds. The number of hydroxylamine groups is 1. The maximum Gasteiger partial charge on any atom is 0.189 e. The first-order valence-corrected chi connectivity index (χ1v) is 6.64. The van der Waals surface area contributed by atoms with E-state index in [1.807, 2.05) is 38.4 Å². The molecule has 2 rings (SSSR count). The normalized spacial score (nSPS) is 18.8. The van der Waals surface area contributed by atoms with Crippen LogP contribution in [0.1, 0.15) is 25.8 Å². The van der Waals surface area contributed by atoms with Crippen molar-refractivity contribution in [2.75, 3.05) is 20.6 Å². The molecule has 0 saturated carbocycles. The molecule has 1 heterocycles. The first-order valence-electron chi connectivity index (χ1n) is 6.64. The van der Waals surface area contributed by atoms with E-state index < -0.39 is 0 Å². The van der Waals surface area contributed by atoms with Gasteiger partial charge in [0.15, 0.2) is 12.3 Å². The summed E-state index contributed by atoms with van der Waals surface area (Å²) in [7, 11) is 4.02. The molecule has 0 bridgehead atoms. The van der Waals surface area contributed by atoms with Gasteiger partial charge < -0.3 is 10.1 Å². The van der Waals surface area contributed by atoms with E-state index >= 15 is 0 Å². The van der Waals surface area contributed by atoms with Crippen molar-refractivity contribution in [3.05, 3.63) is 47.2 Å². The molecule has 0 aliphatic carbocycles. The molecule has 0 atom stereocenters. The average Bonchev–Trinajstić information content (AvgIpc) is 2.60. The van der Waals surface area contributed by atoms with Crippen molar-refractivity contribution in [1.82, 2.24) is 4.90 Å². The zero-order chi connectivity index (χ0) is 14.0. The van der Waals surface area contributed by atoms with Crippen LogP contribution in [0.5, 0.6) is 0 Å². The van der Waals surface area contributed by atoms with Gasteiger partial charge in [0.1, 0.15) is 0 Å². The van der Waals surface area contributed by atoms with E-state index in [2.05, 4.69) is 30.9 Å². The van der Waals surface area contributed by atoms with Gasteiger partial charge in [-0.25, -0.2) is 4.74 Å². The fourth-order valence-corrected chi connectivity index (χ4v) is 2.49. The molecule has 1 aliphatic rings. The minimum atomic E-state index is 0.0711. The van der Waals surface area contributed by atoms with Gasteiger partial charge in [0, 0.05) is 37.7 Å². The van der Waals surface area contributed by atoms with Crippen LogP contribution in [0.15, 0.2) is 36.4 Å². The fraction of sp³-hybridized carbons (Fsp3) is 0.438. The van der Waals surface area contributed by atoms with Gasteiger partial charge in [0.05, 0.1) is 0 Å². The van der Waals surface area contributed by atoms with Crippen molar-refractivity contribution in [1.29, 1.82) is 0 Å². The van der Waals surface area contributed by atoms with Gasteiger partial charge in [-0.2, -0.15) is 0 Å². The summed E-state index contributed by atoms with van der Waals surface area (Å²) in [6, 6.07) is 10.2. The lowest BCUT2D eigenvalue weighted by Crippen LogP contribution is -2.14. The first-order chi connectivity index (χ1) is 8.89. The van der Waals surface area contributed by atoms with E-state index in [-0.39, 0.29) is 5.41 Å². The van der Waals surface area contributed by atoms with Crippen LogP contribution in [0, 0.1) is 10.6 Å². The summed E-state index contributed by atoms with van der Waals surface area (Å²) >= 11 is 0. The maximum atomic E-state index is 12.0. The summed E-state index contributed by atoms with van der Waals surface area (Å²) in [6.45, 7) is 4.85. The maximum absolute atomic E-state index is 12.0. The highest BCUT2D eigenvalue weighted by atomic mass is 16.5. The van der Waals surface area contributed by atoms with E-state index in [9.17, 15) is 5.21 Å². The Balaban J connectivity index is 2.36. The number of nitrogens with zero attached hydrogens (tertiary/aromatic N) is 2. The van der Waals surface area contributed by atoms with Crippen LogP contribution in [-0.2, 0) is 0 Å². The van der Waals surface area contributed by atoms with E-state index in [0.29, 0.717) is 6.54 Å². The molecule has 0 aromatic heterocycles. The average molecular weight is 258 g/mol. The van der Waals surface area contributed by atoms with E-state index in [1.54, 1.807) is 0 Å². The highest BCUT2D eigenvalue weighted by Crippen LogP contribution is 2.28. The summed E-state index contributed by atoms with van der Waals surface area (Å²) in [5, 5.41) is 12.0. The van der Waals surface area contributed by atoms with Crippen molar-refractivity contribution >= 4 is 11.4 Å². The Kier molecular flexibility index (Phi) is 3.65. The van der Waals surface area contributed by atoms with Crippen LogP contribution in [0.2, 0.25) is 0 Å². The van der Waals surface area contributed by atoms with Gasteiger partial charge >= 0.3 is 0 Å². The van der Waals surface area contributed by atoms with Crippen molar-refractivity contribution in [2.45, 2.75) is 20.3 Å². The van der Waals surface area contributed by atoms with Crippen molar-refractivity contribution in [2.24, 2.45) is 5.41 Å². The highest BCUT2D eigenvalue weighted by Gasteiger charge is 2.34. The first kappa shape index (κ1) is 13.7. The van der Waals surface area contributed by atoms with Crippen molar-refractivity contribution in [3.8, 4) is 0 Å². The molecule has 3 heteroatoms. The molecule has 1 aromatic rings. The largest absolute Gasteiger partial charge is 0.624 e. The third-order valence-electron chi connectivity index (χ3n) is 3.41. The van der Waals surface area contributed by atoms with Crippen molar-refractivity contribution in [3.63, 3.8) is 0 Å². The van der Waals surface area contributed by atoms with E-state index in [1.165, 1.54) is 0 Å². The third kappa shape index (κ3) is 3.16. The van der Waals surface area contributed by atoms with Crippen LogP contribution in [0.4, 0.5) is 0 Å². The minimum absolute atomic E-state index is 0.0711. The molecule has 0 unspecified atom stereocenters. The van der Waals surface area contributed by atoms with Crippen LogP contribution in [0.3, 0.4) is 0 Å². The van der Waals surface area contributed by atoms with Crippen LogP contribution >= 0.6 is 0 Å². The molecule has 1 aliphatic heterocycles. The lowest BCUT2D eigenvalue weighted by molar-refractivity contribution is -0.459. The fourth-order valence-electron chi connectivity index (χ4n) is 2.49. The molecule has 0 spiro atoms. The molecule has 102 valence electrons. The van der Waals surface area contributed by atoms with E-state index in [4.69, 9.17) is 0 Å². The van der Waals surface area contributed by atoms with Crippen LogP contribution in [0.25, 0.3) is 5.70 Å².